The number of hydrogen-bond acceptors (Lipinski definition) is 3. The second-order valence-corrected chi connectivity index (χ2v) is 3.82. The number of non-ortho nitro benzene ring substituents is 1. The third kappa shape index (κ3) is 1.52. The van der Waals surface area contributed by atoms with Gasteiger partial charge in [-0.25, -0.2) is 0 Å². The molecule has 0 aliphatic carbocycles. The van der Waals surface area contributed by atoms with Crippen LogP contribution in [0.25, 0.3) is 10.9 Å². The summed E-state index contributed by atoms with van der Waals surface area (Å²) in [6.45, 7) is 0. The predicted octanol–water partition coefficient (Wildman–Crippen LogP) is 2.65. The molecule has 0 unspecified atom stereocenters. The van der Waals surface area contributed by atoms with Gasteiger partial charge < -0.3 is 4.98 Å². The smallest absolute Gasteiger partial charge is 0.271 e. The molecule has 15 heavy (non-hydrogen) atoms. The first-order valence-corrected chi connectivity index (χ1v) is 4.83. The van der Waals surface area contributed by atoms with Crippen molar-refractivity contribution in [3.63, 3.8) is 0 Å². The maximum atomic E-state index is 10.7. The molecule has 0 amide bonds. The number of nitro benzene ring substituents is 1. The maximum Gasteiger partial charge on any atom is 0.271 e. The molecule has 0 bridgehead atoms. The number of nitrogens with zero attached hydrogens (tertiary/aromatic N) is 1. The molecule has 0 saturated heterocycles. The average Bonchev–Trinajstić information content (AvgIpc) is 2.60. The Morgan fingerprint density at radius 2 is 2.20 bits per heavy atom. The van der Waals surface area contributed by atoms with Crippen LogP contribution in [0.1, 0.15) is 10.4 Å². The number of hydrogen-bond donors (Lipinski definition) is 1. The second-order valence-electron chi connectivity index (χ2n) is 2.97. The number of aromatic amines is 1. The standard InChI is InChI=1S/C9H5BrN2O3/c10-8-2-6(12(14)15)1-7-5(4-13)3-11-9(7)8/h1-4,11H. The minimum absolute atomic E-state index is 0.0444. The van der Waals surface area contributed by atoms with E-state index in [1.807, 2.05) is 0 Å². The highest BCUT2D eigenvalue weighted by Gasteiger charge is 2.13. The summed E-state index contributed by atoms with van der Waals surface area (Å²) in [5, 5.41) is 11.2. The molecule has 6 heteroatoms. The number of halogens is 1. The maximum absolute atomic E-state index is 10.7. The molecule has 2 aromatic rings. The van der Waals surface area contributed by atoms with Crippen molar-refractivity contribution in [1.29, 1.82) is 0 Å². The third-order valence-corrected chi connectivity index (χ3v) is 2.72. The number of carbonyl (C=O) groups excluding carboxylic acids is 1. The largest absolute Gasteiger partial charge is 0.360 e. The fraction of sp³-hybridized carbons (Fsp3) is 0. The summed E-state index contributed by atoms with van der Waals surface area (Å²) >= 11 is 3.21. The van der Waals surface area contributed by atoms with E-state index in [4.69, 9.17) is 0 Å². The Morgan fingerprint density at radius 3 is 2.80 bits per heavy atom. The molecule has 0 saturated carbocycles. The van der Waals surface area contributed by atoms with Gasteiger partial charge in [-0.15, -0.1) is 0 Å². The van der Waals surface area contributed by atoms with Crippen LogP contribution in [0.3, 0.4) is 0 Å². The zero-order valence-corrected chi connectivity index (χ0v) is 8.95. The van der Waals surface area contributed by atoms with E-state index in [9.17, 15) is 14.9 Å². The Morgan fingerprint density at radius 1 is 1.47 bits per heavy atom. The number of carbonyl (C=O) groups is 1. The van der Waals surface area contributed by atoms with Crippen molar-refractivity contribution >= 4 is 38.8 Å². The summed E-state index contributed by atoms with van der Waals surface area (Å²) < 4.78 is 0.569. The molecule has 76 valence electrons. The van der Waals surface area contributed by atoms with Gasteiger partial charge in [0, 0.05) is 33.8 Å². The molecule has 5 nitrogen and oxygen atoms in total. The van der Waals surface area contributed by atoms with Crippen molar-refractivity contribution in [3.05, 3.63) is 38.5 Å². The molecule has 0 fully saturated rings. The summed E-state index contributed by atoms with van der Waals surface area (Å²) in [5.41, 5.74) is 1.05. The highest BCUT2D eigenvalue weighted by molar-refractivity contribution is 9.10. The van der Waals surface area contributed by atoms with Gasteiger partial charge in [0.15, 0.2) is 6.29 Å². The van der Waals surface area contributed by atoms with Crippen LogP contribution < -0.4 is 0 Å². The van der Waals surface area contributed by atoms with Gasteiger partial charge in [0.1, 0.15) is 0 Å². The minimum atomic E-state index is -0.494. The molecule has 1 heterocycles. The zero-order chi connectivity index (χ0) is 11.0. The quantitative estimate of drug-likeness (QED) is 0.517. The van der Waals surface area contributed by atoms with E-state index < -0.39 is 4.92 Å². The number of nitrogens with one attached hydrogen (secondary N) is 1. The van der Waals surface area contributed by atoms with Crippen LogP contribution in [0.2, 0.25) is 0 Å². The Kier molecular flexibility index (Phi) is 2.28. The zero-order valence-electron chi connectivity index (χ0n) is 7.36. The minimum Gasteiger partial charge on any atom is -0.360 e. The summed E-state index contributed by atoms with van der Waals surface area (Å²) in [6.07, 6.45) is 2.18. The van der Waals surface area contributed by atoms with Crippen molar-refractivity contribution in [2.45, 2.75) is 0 Å². The number of aldehydes is 1. The van der Waals surface area contributed by atoms with Crippen molar-refractivity contribution in [2.75, 3.05) is 0 Å². The molecule has 1 N–H and O–H groups in total. The summed E-state index contributed by atoms with van der Waals surface area (Å²) in [7, 11) is 0. The van der Waals surface area contributed by atoms with Crippen LogP contribution in [0.4, 0.5) is 5.69 Å². The predicted molar refractivity (Wildman–Crippen MR) is 58.0 cm³/mol. The van der Waals surface area contributed by atoms with Gasteiger partial charge in [0.2, 0.25) is 0 Å². The van der Waals surface area contributed by atoms with Crippen LogP contribution in [0.5, 0.6) is 0 Å². The lowest BCUT2D eigenvalue weighted by Gasteiger charge is -1.96. The van der Waals surface area contributed by atoms with Crippen LogP contribution in [0, 0.1) is 10.1 Å². The summed E-state index contributed by atoms with van der Waals surface area (Å²) in [4.78, 5) is 23.7. The van der Waals surface area contributed by atoms with Gasteiger partial charge >= 0.3 is 0 Å². The number of fused-ring (bicyclic) bond motifs is 1. The Hall–Kier alpha value is -1.69. The molecule has 1 aromatic heterocycles. The lowest BCUT2D eigenvalue weighted by atomic mass is 10.2. The van der Waals surface area contributed by atoms with Crippen LogP contribution >= 0.6 is 15.9 Å². The van der Waals surface area contributed by atoms with E-state index in [0.717, 1.165) is 0 Å². The van der Waals surface area contributed by atoms with Gasteiger partial charge in [-0.3, -0.25) is 14.9 Å². The van der Waals surface area contributed by atoms with Crippen molar-refractivity contribution < 1.29 is 9.72 Å². The van der Waals surface area contributed by atoms with Crippen LogP contribution in [0.15, 0.2) is 22.8 Å². The number of rotatable bonds is 2. The van der Waals surface area contributed by atoms with Gasteiger partial charge in [-0.05, 0) is 15.9 Å². The first-order valence-electron chi connectivity index (χ1n) is 4.03. The van der Waals surface area contributed by atoms with Gasteiger partial charge in [-0.2, -0.15) is 0 Å². The lowest BCUT2D eigenvalue weighted by Crippen LogP contribution is -1.88. The second kappa shape index (κ2) is 3.47. The topological polar surface area (TPSA) is 76.0 Å². The molecule has 1 aromatic carbocycles. The number of benzene rings is 1. The van der Waals surface area contributed by atoms with E-state index in [1.54, 1.807) is 0 Å². The Balaban J connectivity index is 2.82. The first-order chi connectivity index (χ1) is 7.13. The van der Waals surface area contributed by atoms with E-state index in [1.165, 1.54) is 18.3 Å². The molecular weight excluding hydrogens is 264 g/mol. The lowest BCUT2D eigenvalue weighted by molar-refractivity contribution is -0.384. The number of H-pyrrole nitrogens is 1. The Bertz CT molecular complexity index is 562. The monoisotopic (exact) mass is 268 g/mol. The van der Waals surface area contributed by atoms with E-state index in [2.05, 4.69) is 20.9 Å². The average molecular weight is 269 g/mol. The first kappa shape index (κ1) is 9.85. The van der Waals surface area contributed by atoms with E-state index >= 15 is 0 Å². The highest BCUT2D eigenvalue weighted by atomic mass is 79.9. The number of aromatic nitrogens is 1. The van der Waals surface area contributed by atoms with Gasteiger partial charge in [-0.1, -0.05) is 0 Å². The summed E-state index contributed by atoms with van der Waals surface area (Å²) in [6, 6.07) is 2.77. The molecule has 0 aliphatic heterocycles. The molecule has 2 rings (SSSR count). The molecule has 0 atom stereocenters. The van der Waals surface area contributed by atoms with Crippen molar-refractivity contribution in [1.82, 2.24) is 4.98 Å². The van der Waals surface area contributed by atoms with Crippen LogP contribution in [-0.2, 0) is 0 Å². The van der Waals surface area contributed by atoms with Crippen molar-refractivity contribution in [3.8, 4) is 0 Å². The van der Waals surface area contributed by atoms with Crippen LogP contribution in [-0.4, -0.2) is 16.2 Å². The fourth-order valence-electron chi connectivity index (χ4n) is 1.40. The van der Waals surface area contributed by atoms with E-state index in [-0.39, 0.29) is 5.69 Å². The summed E-state index contributed by atoms with van der Waals surface area (Å²) in [5.74, 6) is 0. The third-order valence-electron chi connectivity index (χ3n) is 2.10. The Labute approximate surface area is 92.4 Å². The molecular formula is C9H5BrN2O3. The molecule has 0 aliphatic rings. The highest BCUT2D eigenvalue weighted by Crippen LogP contribution is 2.30. The van der Waals surface area contributed by atoms with Gasteiger partial charge in [0.25, 0.3) is 5.69 Å². The number of nitro groups is 1. The SMILES string of the molecule is O=Cc1c[nH]c2c(Br)cc([N+](=O)[O-])cc12. The molecule has 0 spiro atoms. The van der Waals surface area contributed by atoms with E-state index in [0.29, 0.717) is 27.2 Å². The van der Waals surface area contributed by atoms with Gasteiger partial charge in [0.05, 0.1) is 10.4 Å². The van der Waals surface area contributed by atoms with Crippen molar-refractivity contribution in [2.24, 2.45) is 0 Å². The molecule has 0 radical (unpaired) electrons. The normalized spacial score (nSPS) is 10.5. The fourth-order valence-corrected chi connectivity index (χ4v) is 1.96.